The molecule has 0 radical (unpaired) electrons. The number of nitrogens with zero attached hydrogens (tertiary/aromatic N) is 4. The Morgan fingerprint density at radius 3 is 2.86 bits per heavy atom. The average Bonchev–Trinajstić information content (AvgIpc) is 3.02. The van der Waals surface area contributed by atoms with Crippen LogP contribution in [0.4, 0.5) is 19.0 Å². The number of rotatable bonds is 3. The molecule has 3 aromatic heterocycles. The minimum Gasteiger partial charge on any atom is -0.384 e. The predicted molar refractivity (Wildman–Crippen MR) is 69.2 cm³/mol. The zero-order valence-electron chi connectivity index (χ0n) is 10.3. The molecule has 0 spiro atoms. The van der Waals surface area contributed by atoms with Crippen molar-refractivity contribution >= 4 is 28.7 Å². The van der Waals surface area contributed by atoms with Crippen molar-refractivity contribution < 1.29 is 13.2 Å². The molecule has 0 aliphatic heterocycles. The van der Waals surface area contributed by atoms with Crippen molar-refractivity contribution in [2.45, 2.75) is 16.8 Å². The summed E-state index contributed by atoms with van der Waals surface area (Å²) in [6.07, 6.45) is -3.31. The summed E-state index contributed by atoms with van der Waals surface area (Å²) in [5.74, 6) is 0.290. The fourth-order valence-corrected chi connectivity index (χ4v) is 2.76. The second-order valence-corrected chi connectivity index (χ2v) is 5.11. The molecule has 0 aliphatic carbocycles. The number of aromatic nitrogens is 6. The normalized spacial score (nSPS) is 12.1. The lowest BCUT2D eigenvalue weighted by molar-refractivity contribution is -0.141. The van der Waals surface area contributed by atoms with Crippen molar-refractivity contribution in [3.63, 3.8) is 0 Å². The maximum Gasteiger partial charge on any atom is 0.433 e. The molecule has 0 saturated carbocycles. The molecule has 3 aromatic rings. The second kappa shape index (κ2) is 4.91. The Morgan fingerprint density at radius 1 is 1.29 bits per heavy atom. The summed E-state index contributed by atoms with van der Waals surface area (Å²) in [4.78, 5) is 4.56. The Morgan fingerprint density at radius 2 is 2.10 bits per heavy atom. The van der Waals surface area contributed by atoms with Crippen molar-refractivity contribution in [3.8, 4) is 0 Å². The maximum atomic E-state index is 12.7. The number of fused-ring (bicyclic) bond motifs is 1. The number of pyridine rings is 1. The Balaban J connectivity index is 1.87. The standard InChI is InChI=1S/C10H8F3N7S/c11-10(12,13)8-4(2-15-18-8)3-21-5-1-6(14)16-9-7(5)17-20-19-9/h1-2H,3H2,(H,15,18)(H3,14,16,17,19,20). The fourth-order valence-electron chi connectivity index (χ4n) is 1.76. The highest BCUT2D eigenvalue weighted by molar-refractivity contribution is 7.98. The highest BCUT2D eigenvalue weighted by Crippen LogP contribution is 2.34. The quantitative estimate of drug-likeness (QED) is 0.638. The molecule has 0 unspecified atom stereocenters. The van der Waals surface area contributed by atoms with Gasteiger partial charge in [0.1, 0.15) is 17.0 Å². The number of hydrogen-bond donors (Lipinski definition) is 3. The number of halogens is 3. The van der Waals surface area contributed by atoms with E-state index in [2.05, 4.69) is 25.5 Å². The smallest absolute Gasteiger partial charge is 0.384 e. The molecule has 7 nitrogen and oxygen atoms in total. The van der Waals surface area contributed by atoms with E-state index in [1.165, 1.54) is 0 Å². The minimum atomic E-state index is -4.47. The summed E-state index contributed by atoms with van der Waals surface area (Å²) in [5, 5.41) is 15.5. The minimum absolute atomic E-state index is 0.0551. The van der Waals surface area contributed by atoms with Crippen molar-refractivity contribution in [1.29, 1.82) is 0 Å². The molecule has 3 rings (SSSR count). The summed E-state index contributed by atoms with van der Waals surface area (Å²) in [6.45, 7) is 0. The zero-order chi connectivity index (χ0) is 15.0. The Bertz CT molecular complexity index is 778. The van der Waals surface area contributed by atoms with Crippen LogP contribution in [0.1, 0.15) is 11.3 Å². The third kappa shape index (κ3) is 2.63. The first kappa shape index (κ1) is 13.7. The molecule has 0 amide bonds. The molecular weight excluding hydrogens is 307 g/mol. The first-order valence-corrected chi connectivity index (χ1v) is 6.63. The van der Waals surface area contributed by atoms with Gasteiger partial charge in [0.15, 0.2) is 0 Å². The first-order chi connectivity index (χ1) is 9.95. The molecule has 21 heavy (non-hydrogen) atoms. The van der Waals surface area contributed by atoms with Crippen LogP contribution < -0.4 is 5.73 Å². The van der Waals surface area contributed by atoms with Gasteiger partial charge in [-0.15, -0.1) is 16.9 Å². The van der Waals surface area contributed by atoms with Gasteiger partial charge in [-0.05, 0) is 6.07 Å². The lowest BCUT2D eigenvalue weighted by Gasteiger charge is -2.07. The molecule has 11 heteroatoms. The van der Waals surface area contributed by atoms with Crippen molar-refractivity contribution in [2.75, 3.05) is 5.73 Å². The van der Waals surface area contributed by atoms with E-state index in [0.717, 1.165) is 18.0 Å². The Kier molecular flexibility index (Phi) is 3.20. The Hall–Kier alpha value is -2.30. The molecular formula is C10H8F3N7S. The van der Waals surface area contributed by atoms with Gasteiger partial charge in [0.2, 0.25) is 5.65 Å². The van der Waals surface area contributed by atoms with E-state index in [9.17, 15) is 13.2 Å². The SMILES string of the molecule is Nc1cc(SCc2cn[nH]c2C(F)(F)F)c2n[nH]nc2n1. The van der Waals surface area contributed by atoms with Crippen LogP contribution in [0, 0.1) is 0 Å². The van der Waals surface area contributed by atoms with Crippen LogP contribution in [-0.2, 0) is 11.9 Å². The first-order valence-electron chi connectivity index (χ1n) is 5.64. The highest BCUT2D eigenvalue weighted by Gasteiger charge is 2.35. The fraction of sp³-hybridized carbons (Fsp3) is 0.200. The van der Waals surface area contributed by atoms with Crippen LogP contribution >= 0.6 is 11.8 Å². The molecule has 0 aliphatic rings. The van der Waals surface area contributed by atoms with Gasteiger partial charge in [-0.25, -0.2) is 4.98 Å². The number of alkyl halides is 3. The summed E-state index contributed by atoms with van der Waals surface area (Å²) >= 11 is 1.15. The molecule has 0 atom stereocenters. The van der Waals surface area contributed by atoms with Gasteiger partial charge in [-0.2, -0.15) is 28.6 Å². The van der Waals surface area contributed by atoms with E-state index in [1.54, 1.807) is 6.07 Å². The molecule has 0 saturated heterocycles. The number of H-pyrrole nitrogens is 2. The number of aromatic amines is 2. The molecule has 0 aromatic carbocycles. The third-order valence-corrected chi connectivity index (χ3v) is 3.74. The molecule has 0 bridgehead atoms. The maximum absolute atomic E-state index is 12.7. The number of nitrogens with two attached hydrogens (primary N) is 1. The number of anilines is 1. The van der Waals surface area contributed by atoms with Crippen LogP contribution in [0.5, 0.6) is 0 Å². The van der Waals surface area contributed by atoms with Gasteiger partial charge in [-0.3, -0.25) is 5.10 Å². The lowest BCUT2D eigenvalue weighted by atomic mass is 10.3. The van der Waals surface area contributed by atoms with E-state index >= 15 is 0 Å². The number of thioether (sulfide) groups is 1. The van der Waals surface area contributed by atoms with Gasteiger partial charge >= 0.3 is 6.18 Å². The molecule has 0 fully saturated rings. The van der Waals surface area contributed by atoms with E-state index in [1.807, 2.05) is 5.10 Å². The second-order valence-electron chi connectivity index (χ2n) is 4.10. The van der Waals surface area contributed by atoms with Crippen LogP contribution in [0.25, 0.3) is 11.2 Å². The van der Waals surface area contributed by atoms with Gasteiger partial charge in [0.25, 0.3) is 0 Å². The van der Waals surface area contributed by atoms with E-state index < -0.39 is 11.9 Å². The topological polar surface area (TPSA) is 109 Å². The number of hydrogen-bond acceptors (Lipinski definition) is 6. The highest BCUT2D eigenvalue weighted by atomic mass is 32.2. The van der Waals surface area contributed by atoms with Gasteiger partial charge in [0, 0.05) is 16.2 Å². The van der Waals surface area contributed by atoms with Crippen LogP contribution in [0.2, 0.25) is 0 Å². The van der Waals surface area contributed by atoms with E-state index in [-0.39, 0.29) is 17.1 Å². The number of nitrogens with one attached hydrogen (secondary N) is 2. The summed E-state index contributed by atoms with van der Waals surface area (Å²) in [7, 11) is 0. The molecule has 4 N–H and O–H groups in total. The van der Waals surface area contributed by atoms with Crippen molar-refractivity contribution in [1.82, 2.24) is 30.6 Å². The van der Waals surface area contributed by atoms with Crippen LogP contribution in [-0.4, -0.2) is 30.6 Å². The molecule has 3 heterocycles. The predicted octanol–water partition coefficient (Wildman–Crippen LogP) is 1.97. The van der Waals surface area contributed by atoms with Crippen molar-refractivity contribution in [3.05, 3.63) is 23.5 Å². The molecule has 110 valence electrons. The van der Waals surface area contributed by atoms with Crippen molar-refractivity contribution in [2.24, 2.45) is 0 Å². The van der Waals surface area contributed by atoms with E-state index in [0.29, 0.717) is 16.1 Å². The monoisotopic (exact) mass is 315 g/mol. The van der Waals surface area contributed by atoms with Crippen LogP contribution in [0.3, 0.4) is 0 Å². The summed E-state index contributed by atoms with van der Waals surface area (Å²) < 4.78 is 38.2. The zero-order valence-corrected chi connectivity index (χ0v) is 11.1. The van der Waals surface area contributed by atoms with Gasteiger partial charge < -0.3 is 5.73 Å². The average molecular weight is 315 g/mol. The van der Waals surface area contributed by atoms with Gasteiger partial charge in [0.05, 0.1) is 6.20 Å². The van der Waals surface area contributed by atoms with E-state index in [4.69, 9.17) is 5.73 Å². The summed E-state index contributed by atoms with van der Waals surface area (Å²) in [5.41, 5.74) is 5.61. The lowest BCUT2D eigenvalue weighted by Crippen LogP contribution is -2.08. The van der Waals surface area contributed by atoms with Gasteiger partial charge in [-0.1, -0.05) is 0 Å². The Labute approximate surface area is 119 Å². The summed E-state index contributed by atoms with van der Waals surface area (Å²) in [6, 6.07) is 1.54. The van der Waals surface area contributed by atoms with Crippen LogP contribution in [0.15, 0.2) is 17.2 Å². The number of nitrogen functional groups attached to an aromatic ring is 1. The third-order valence-electron chi connectivity index (χ3n) is 2.66. The largest absolute Gasteiger partial charge is 0.433 e.